The molecule has 4 heteroatoms. The molecule has 3 nitrogen and oxygen atoms in total. The third-order valence-electron chi connectivity index (χ3n) is 3.97. The van der Waals surface area contributed by atoms with Gasteiger partial charge in [0, 0.05) is 18.8 Å². The molecular formula is C17H23FN2O. The molecule has 114 valence electrons. The zero-order valence-electron chi connectivity index (χ0n) is 13.2. The summed E-state index contributed by atoms with van der Waals surface area (Å²) in [5.74, 6) is -0.757. The van der Waals surface area contributed by atoms with Gasteiger partial charge in [0.1, 0.15) is 5.82 Å². The molecule has 2 N–H and O–H groups in total. The molecule has 0 saturated carbocycles. The van der Waals surface area contributed by atoms with Crippen LogP contribution in [0.3, 0.4) is 0 Å². The van der Waals surface area contributed by atoms with Gasteiger partial charge in [0.15, 0.2) is 0 Å². The first-order valence-electron chi connectivity index (χ1n) is 7.24. The standard InChI is InChI=1S/C17H23FN2O/c1-11-9-13(19)10-14(15(11)18)16(21)20-7-5-12(6-8-20)17(2,3)4/h5,9-10H,6-8,19H2,1-4H3. The lowest BCUT2D eigenvalue weighted by molar-refractivity contribution is 0.0760. The molecule has 0 saturated heterocycles. The Morgan fingerprint density at radius 1 is 1.33 bits per heavy atom. The Balaban J connectivity index is 2.22. The molecule has 1 aliphatic rings. The number of anilines is 1. The summed E-state index contributed by atoms with van der Waals surface area (Å²) in [5.41, 5.74) is 8.08. The molecule has 0 radical (unpaired) electrons. The SMILES string of the molecule is Cc1cc(N)cc(C(=O)N2CC=C(C(C)(C)C)CC2)c1F. The van der Waals surface area contributed by atoms with Crippen LogP contribution in [0.25, 0.3) is 0 Å². The Bertz CT molecular complexity index is 600. The summed E-state index contributed by atoms with van der Waals surface area (Å²) in [6.07, 6.45) is 2.91. The lowest BCUT2D eigenvalue weighted by Crippen LogP contribution is -2.37. The van der Waals surface area contributed by atoms with Gasteiger partial charge in [-0.25, -0.2) is 4.39 Å². The molecule has 0 aromatic heterocycles. The molecule has 0 spiro atoms. The molecule has 1 amide bonds. The summed E-state index contributed by atoms with van der Waals surface area (Å²) >= 11 is 0. The molecule has 0 unspecified atom stereocenters. The molecule has 0 atom stereocenters. The van der Waals surface area contributed by atoms with Crippen molar-refractivity contribution < 1.29 is 9.18 Å². The van der Waals surface area contributed by atoms with E-state index in [9.17, 15) is 9.18 Å². The van der Waals surface area contributed by atoms with Gasteiger partial charge in [0.25, 0.3) is 5.91 Å². The van der Waals surface area contributed by atoms with Gasteiger partial charge in [-0.15, -0.1) is 0 Å². The van der Waals surface area contributed by atoms with Crippen LogP contribution >= 0.6 is 0 Å². The Morgan fingerprint density at radius 3 is 2.52 bits per heavy atom. The fraction of sp³-hybridized carbons (Fsp3) is 0.471. The number of nitrogen functional groups attached to an aromatic ring is 1. The Morgan fingerprint density at radius 2 is 2.00 bits per heavy atom. The van der Waals surface area contributed by atoms with Gasteiger partial charge in [-0.1, -0.05) is 32.4 Å². The number of carbonyl (C=O) groups is 1. The molecule has 0 aliphatic carbocycles. The van der Waals surface area contributed by atoms with Crippen LogP contribution in [0.5, 0.6) is 0 Å². The molecule has 1 heterocycles. The van der Waals surface area contributed by atoms with E-state index in [1.807, 2.05) is 0 Å². The van der Waals surface area contributed by atoms with Crippen molar-refractivity contribution in [1.29, 1.82) is 0 Å². The highest BCUT2D eigenvalue weighted by atomic mass is 19.1. The zero-order valence-corrected chi connectivity index (χ0v) is 13.2. The molecule has 0 fully saturated rings. The summed E-state index contributed by atoms with van der Waals surface area (Å²) in [4.78, 5) is 14.2. The van der Waals surface area contributed by atoms with E-state index in [1.54, 1.807) is 17.9 Å². The summed E-state index contributed by atoms with van der Waals surface area (Å²) in [6, 6.07) is 2.97. The van der Waals surface area contributed by atoms with Crippen molar-refractivity contribution in [3.63, 3.8) is 0 Å². The predicted octanol–water partition coefficient (Wildman–Crippen LogP) is 3.53. The number of nitrogens with two attached hydrogens (primary N) is 1. The molecule has 2 rings (SSSR count). The molecule has 1 aromatic rings. The van der Waals surface area contributed by atoms with Gasteiger partial charge in [0.05, 0.1) is 5.56 Å². The highest BCUT2D eigenvalue weighted by Crippen LogP contribution is 2.30. The third-order valence-corrected chi connectivity index (χ3v) is 3.97. The number of halogens is 1. The van der Waals surface area contributed by atoms with Crippen LogP contribution in [0, 0.1) is 18.2 Å². The number of benzene rings is 1. The maximum Gasteiger partial charge on any atom is 0.257 e. The van der Waals surface area contributed by atoms with Gasteiger partial charge in [-0.05, 0) is 36.5 Å². The van der Waals surface area contributed by atoms with Gasteiger partial charge in [-0.2, -0.15) is 0 Å². The summed E-state index contributed by atoms with van der Waals surface area (Å²) in [5, 5.41) is 0. The van der Waals surface area contributed by atoms with Gasteiger partial charge >= 0.3 is 0 Å². The molecule has 1 aromatic carbocycles. The second-order valence-electron chi connectivity index (χ2n) is 6.68. The van der Waals surface area contributed by atoms with Crippen LogP contribution in [0.15, 0.2) is 23.8 Å². The average Bonchev–Trinajstić information content (AvgIpc) is 2.41. The van der Waals surface area contributed by atoms with Gasteiger partial charge in [-0.3, -0.25) is 4.79 Å². The van der Waals surface area contributed by atoms with E-state index in [2.05, 4.69) is 26.8 Å². The number of nitrogens with zero attached hydrogens (tertiary/aromatic N) is 1. The lowest BCUT2D eigenvalue weighted by Gasteiger charge is -2.32. The highest BCUT2D eigenvalue weighted by molar-refractivity contribution is 5.95. The fourth-order valence-corrected chi connectivity index (χ4v) is 2.66. The van der Waals surface area contributed by atoms with Gasteiger partial charge in [0.2, 0.25) is 0 Å². The summed E-state index contributed by atoms with van der Waals surface area (Å²) in [7, 11) is 0. The number of hydrogen-bond acceptors (Lipinski definition) is 2. The molecule has 21 heavy (non-hydrogen) atoms. The Hall–Kier alpha value is -1.84. The Kier molecular flexibility index (Phi) is 4.08. The van der Waals surface area contributed by atoms with E-state index in [-0.39, 0.29) is 16.9 Å². The van der Waals surface area contributed by atoms with Crippen LogP contribution in [0.2, 0.25) is 0 Å². The number of hydrogen-bond donors (Lipinski definition) is 1. The van der Waals surface area contributed by atoms with Crippen molar-refractivity contribution in [1.82, 2.24) is 4.90 Å². The van der Waals surface area contributed by atoms with Crippen LogP contribution in [-0.4, -0.2) is 23.9 Å². The van der Waals surface area contributed by atoms with Gasteiger partial charge < -0.3 is 10.6 Å². The minimum Gasteiger partial charge on any atom is -0.399 e. The Labute approximate surface area is 125 Å². The largest absolute Gasteiger partial charge is 0.399 e. The van der Waals surface area contributed by atoms with Crippen molar-refractivity contribution in [2.24, 2.45) is 5.41 Å². The first-order chi connectivity index (χ1) is 9.70. The number of aryl methyl sites for hydroxylation is 1. The third kappa shape index (κ3) is 3.26. The van der Waals surface area contributed by atoms with Crippen LogP contribution in [0.1, 0.15) is 43.1 Å². The first kappa shape index (κ1) is 15.5. The van der Waals surface area contributed by atoms with E-state index in [0.717, 1.165) is 6.42 Å². The van der Waals surface area contributed by atoms with E-state index in [4.69, 9.17) is 5.73 Å². The molecular weight excluding hydrogens is 267 g/mol. The average molecular weight is 290 g/mol. The maximum absolute atomic E-state index is 14.1. The highest BCUT2D eigenvalue weighted by Gasteiger charge is 2.26. The molecule has 0 bridgehead atoms. The minimum absolute atomic E-state index is 0.0695. The summed E-state index contributed by atoms with van der Waals surface area (Å²) in [6.45, 7) is 9.26. The van der Waals surface area contributed by atoms with Crippen molar-refractivity contribution in [3.8, 4) is 0 Å². The smallest absolute Gasteiger partial charge is 0.257 e. The monoisotopic (exact) mass is 290 g/mol. The number of carbonyl (C=O) groups excluding carboxylic acids is 1. The second-order valence-corrected chi connectivity index (χ2v) is 6.68. The van der Waals surface area contributed by atoms with Crippen LogP contribution < -0.4 is 5.73 Å². The minimum atomic E-state index is -0.472. The van der Waals surface area contributed by atoms with Crippen LogP contribution in [0.4, 0.5) is 10.1 Å². The number of rotatable bonds is 1. The lowest BCUT2D eigenvalue weighted by atomic mass is 9.83. The van der Waals surface area contributed by atoms with E-state index < -0.39 is 5.82 Å². The topological polar surface area (TPSA) is 46.3 Å². The molecule has 1 aliphatic heterocycles. The quantitative estimate of drug-likeness (QED) is 0.635. The second kappa shape index (κ2) is 5.51. The first-order valence-corrected chi connectivity index (χ1v) is 7.24. The van der Waals surface area contributed by atoms with E-state index >= 15 is 0 Å². The summed E-state index contributed by atoms with van der Waals surface area (Å²) < 4.78 is 14.1. The van der Waals surface area contributed by atoms with Crippen molar-refractivity contribution in [3.05, 3.63) is 40.7 Å². The zero-order chi connectivity index (χ0) is 15.8. The normalized spacial score (nSPS) is 15.9. The maximum atomic E-state index is 14.1. The van der Waals surface area contributed by atoms with Crippen molar-refractivity contribution in [2.75, 3.05) is 18.8 Å². The predicted molar refractivity (Wildman–Crippen MR) is 83.6 cm³/mol. The fourth-order valence-electron chi connectivity index (χ4n) is 2.66. The van der Waals surface area contributed by atoms with Crippen molar-refractivity contribution >= 4 is 11.6 Å². The van der Waals surface area contributed by atoms with Crippen LogP contribution in [-0.2, 0) is 0 Å². The van der Waals surface area contributed by atoms with E-state index in [1.165, 1.54) is 11.6 Å². The van der Waals surface area contributed by atoms with Crippen molar-refractivity contribution in [2.45, 2.75) is 34.1 Å². The number of amides is 1. The van der Waals surface area contributed by atoms with E-state index in [0.29, 0.717) is 24.3 Å².